The van der Waals surface area contributed by atoms with Gasteiger partial charge in [0.2, 0.25) is 0 Å². The third-order valence-electron chi connectivity index (χ3n) is 3.07. The number of aromatic nitrogens is 3. The minimum atomic E-state index is -0.397. The minimum absolute atomic E-state index is 0.168. The van der Waals surface area contributed by atoms with Crippen LogP contribution in [-0.2, 0) is 11.2 Å². The summed E-state index contributed by atoms with van der Waals surface area (Å²) in [5.41, 5.74) is 0.728. The topological polar surface area (TPSA) is 47.8 Å². The lowest BCUT2D eigenvalue weighted by Crippen LogP contribution is -2.32. The van der Waals surface area contributed by atoms with Gasteiger partial charge in [-0.05, 0) is 5.56 Å². The Morgan fingerprint density at radius 3 is 2.47 bits per heavy atom. The Morgan fingerprint density at radius 2 is 1.95 bits per heavy atom. The maximum Gasteiger partial charge on any atom is 0.163 e. The van der Waals surface area contributed by atoms with Crippen LogP contribution >= 0.6 is 0 Å². The van der Waals surface area contributed by atoms with Crippen molar-refractivity contribution in [3.8, 4) is 0 Å². The molecule has 0 bridgehead atoms. The van der Waals surface area contributed by atoms with Crippen LogP contribution in [-0.4, -0.2) is 20.5 Å². The van der Waals surface area contributed by atoms with E-state index in [-0.39, 0.29) is 11.8 Å². The van der Waals surface area contributed by atoms with Crippen LogP contribution in [0.25, 0.3) is 0 Å². The van der Waals surface area contributed by atoms with E-state index in [0.717, 1.165) is 5.56 Å². The van der Waals surface area contributed by atoms with Crippen molar-refractivity contribution < 1.29 is 4.79 Å². The summed E-state index contributed by atoms with van der Waals surface area (Å²) < 4.78 is 1.65. The Hall–Kier alpha value is -1.97. The van der Waals surface area contributed by atoms with Crippen molar-refractivity contribution in [1.82, 2.24) is 14.8 Å². The molecule has 0 amide bonds. The molecule has 0 aliphatic rings. The third kappa shape index (κ3) is 3.28. The van der Waals surface area contributed by atoms with Gasteiger partial charge >= 0.3 is 0 Å². The molecule has 2 aromatic rings. The van der Waals surface area contributed by atoms with E-state index in [0.29, 0.717) is 6.42 Å². The summed E-state index contributed by atoms with van der Waals surface area (Å²) in [7, 11) is 0. The number of benzene rings is 1. The monoisotopic (exact) mass is 257 g/mol. The first-order chi connectivity index (χ1) is 8.98. The molecule has 1 heterocycles. The van der Waals surface area contributed by atoms with Gasteiger partial charge in [0.15, 0.2) is 5.78 Å². The van der Waals surface area contributed by atoms with Crippen molar-refractivity contribution in [2.24, 2.45) is 5.41 Å². The van der Waals surface area contributed by atoms with E-state index in [1.54, 1.807) is 11.0 Å². The van der Waals surface area contributed by atoms with E-state index in [1.807, 2.05) is 51.1 Å². The second kappa shape index (κ2) is 5.34. The molecule has 19 heavy (non-hydrogen) atoms. The van der Waals surface area contributed by atoms with Crippen molar-refractivity contribution in [2.45, 2.75) is 33.2 Å². The van der Waals surface area contributed by atoms with E-state index < -0.39 is 5.41 Å². The number of carbonyl (C=O) groups excluding carboxylic acids is 1. The Labute approximate surface area is 113 Å². The highest BCUT2D eigenvalue weighted by molar-refractivity contribution is 5.87. The Balaban J connectivity index is 2.28. The number of rotatable bonds is 4. The molecule has 0 radical (unpaired) electrons. The Kier molecular flexibility index (Phi) is 3.79. The van der Waals surface area contributed by atoms with E-state index >= 15 is 0 Å². The molecule has 0 spiro atoms. The molecule has 0 unspecified atom stereocenters. The van der Waals surface area contributed by atoms with Crippen LogP contribution in [0.1, 0.15) is 32.4 Å². The van der Waals surface area contributed by atoms with E-state index in [1.165, 1.54) is 6.33 Å². The zero-order valence-electron chi connectivity index (χ0n) is 11.6. The van der Waals surface area contributed by atoms with Crippen LogP contribution in [0, 0.1) is 5.41 Å². The molecule has 1 aromatic carbocycles. The highest BCUT2D eigenvalue weighted by Crippen LogP contribution is 2.25. The zero-order valence-corrected chi connectivity index (χ0v) is 11.6. The Morgan fingerprint density at radius 1 is 1.26 bits per heavy atom. The van der Waals surface area contributed by atoms with E-state index in [4.69, 9.17) is 0 Å². The van der Waals surface area contributed by atoms with E-state index in [2.05, 4.69) is 10.1 Å². The number of hydrogen-bond acceptors (Lipinski definition) is 3. The van der Waals surface area contributed by atoms with Gasteiger partial charge in [-0.25, -0.2) is 9.67 Å². The first kappa shape index (κ1) is 13.5. The molecule has 0 aliphatic heterocycles. The second-order valence-electron chi connectivity index (χ2n) is 5.70. The highest BCUT2D eigenvalue weighted by atomic mass is 16.1. The predicted octanol–water partition coefficient (Wildman–Crippen LogP) is 2.68. The molecular weight excluding hydrogens is 238 g/mol. The lowest BCUT2D eigenvalue weighted by Gasteiger charge is -2.24. The number of nitrogens with zero attached hydrogens (tertiary/aromatic N) is 3. The third-order valence-corrected chi connectivity index (χ3v) is 3.07. The number of ketones is 1. The van der Waals surface area contributed by atoms with Crippen molar-refractivity contribution in [2.75, 3.05) is 0 Å². The Bertz CT molecular complexity index is 526. The fraction of sp³-hybridized carbons (Fsp3) is 0.400. The standard InChI is InChI=1S/C15H19N3O/c1-15(2,3)14(19)13(18-11-16-10-17-18)9-12-7-5-4-6-8-12/h4-8,10-11,13H,9H2,1-3H3/t13-/m1/s1. The van der Waals surface area contributed by atoms with Crippen LogP contribution < -0.4 is 0 Å². The average molecular weight is 257 g/mol. The van der Waals surface area contributed by atoms with Crippen molar-refractivity contribution in [1.29, 1.82) is 0 Å². The zero-order chi connectivity index (χ0) is 13.9. The molecule has 2 rings (SSSR count). The summed E-state index contributed by atoms with van der Waals surface area (Å²) in [5, 5.41) is 4.13. The molecule has 100 valence electrons. The van der Waals surface area contributed by atoms with Gasteiger partial charge in [0.1, 0.15) is 18.7 Å². The SMILES string of the molecule is CC(C)(C)C(=O)[C@@H](Cc1ccccc1)n1cncn1. The largest absolute Gasteiger partial charge is 0.297 e. The van der Waals surface area contributed by atoms with Crippen LogP contribution in [0.5, 0.6) is 0 Å². The van der Waals surface area contributed by atoms with Crippen LogP contribution in [0.4, 0.5) is 0 Å². The molecule has 0 fully saturated rings. The predicted molar refractivity (Wildman–Crippen MR) is 73.7 cm³/mol. The molecule has 1 atom stereocenters. The van der Waals surface area contributed by atoms with Crippen molar-refractivity contribution in [3.05, 3.63) is 48.5 Å². The molecule has 0 saturated carbocycles. The maximum absolute atomic E-state index is 12.6. The summed E-state index contributed by atoms with van der Waals surface area (Å²) in [6.45, 7) is 5.80. The minimum Gasteiger partial charge on any atom is -0.297 e. The van der Waals surface area contributed by atoms with Crippen LogP contribution in [0.15, 0.2) is 43.0 Å². The summed E-state index contributed by atoms with van der Waals surface area (Å²) in [4.78, 5) is 16.5. The van der Waals surface area contributed by atoms with Gasteiger partial charge in [-0.3, -0.25) is 4.79 Å². The van der Waals surface area contributed by atoms with Gasteiger partial charge in [0.05, 0.1) is 0 Å². The van der Waals surface area contributed by atoms with E-state index in [9.17, 15) is 4.79 Å². The van der Waals surface area contributed by atoms with Gasteiger partial charge < -0.3 is 0 Å². The fourth-order valence-corrected chi connectivity index (χ4v) is 2.02. The van der Waals surface area contributed by atoms with Gasteiger partial charge in [0, 0.05) is 11.8 Å². The van der Waals surface area contributed by atoms with Crippen LogP contribution in [0.3, 0.4) is 0 Å². The second-order valence-corrected chi connectivity index (χ2v) is 5.70. The molecule has 1 aromatic heterocycles. The summed E-state index contributed by atoms with van der Waals surface area (Å²) in [6.07, 6.45) is 3.71. The van der Waals surface area contributed by atoms with Crippen LogP contribution in [0.2, 0.25) is 0 Å². The molecule has 0 saturated heterocycles. The number of hydrogen-bond donors (Lipinski definition) is 0. The summed E-state index contributed by atoms with van der Waals surface area (Å²) in [6, 6.07) is 9.69. The highest BCUT2D eigenvalue weighted by Gasteiger charge is 2.31. The lowest BCUT2D eigenvalue weighted by atomic mass is 9.84. The van der Waals surface area contributed by atoms with Gasteiger partial charge in [-0.1, -0.05) is 51.1 Å². The normalized spacial score (nSPS) is 13.2. The van der Waals surface area contributed by atoms with Crippen molar-refractivity contribution in [3.63, 3.8) is 0 Å². The molecule has 0 aliphatic carbocycles. The smallest absolute Gasteiger partial charge is 0.163 e. The summed E-state index contributed by atoms with van der Waals surface area (Å²) in [5.74, 6) is 0.168. The molecule has 4 heteroatoms. The molecular formula is C15H19N3O. The first-order valence-corrected chi connectivity index (χ1v) is 6.41. The van der Waals surface area contributed by atoms with Gasteiger partial charge in [0.25, 0.3) is 0 Å². The van der Waals surface area contributed by atoms with Crippen molar-refractivity contribution >= 4 is 5.78 Å². The number of carbonyl (C=O) groups is 1. The fourth-order valence-electron chi connectivity index (χ4n) is 2.02. The maximum atomic E-state index is 12.6. The average Bonchev–Trinajstić information content (AvgIpc) is 2.89. The molecule has 0 N–H and O–H groups in total. The first-order valence-electron chi connectivity index (χ1n) is 6.41. The quantitative estimate of drug-likeness (QED) is 0.846. The van der Waals surface area contributed by atoms with Gasteiger partial charge in [-0.2, -0.15) is 5.10 Å². The lowest BCUT2D eigenvalue weighted by molar-refractivity contribution is -0.130. The number of Topliss-reactive ketones (excluding diaryl/α,β-unsaturated/α-hetero) is 1. The van der Waals surface area contributed by atoms with Gasteiger partial charge in [-0.15, -0.1) is 0 Å². The summed E-state index contributed by atoms with van der Waals surface area (Å²) >= 11 is 0. The molecule has 4 nitrogen and oxygen atoms in total.